The second-order valence-corrected chi connectivity index (χ2v) is 5.03. The lowest BCUT2D eigenvalue weighted by molar-refractivity contribution is -0.384. The maximum atomic E-state index is 11.3. The number of non-ortho nitro benzene ring substituents is 1. The number of nitrogens with two attached hydrogens (primary N) is 1. The van der Waals surface area contributed by atoms with Crippen LogP contribution >= 0.6 is 0 Å². The zero-order valence-corrected chi connectivity index (χ0v) is 11.9. The fraction of sp³-hybridized carbons (Fsp3) is 0.462. The van der Waals surface area contributed by atoms with E-state index in [2.05, 4.69) is 10.3 Å². The fourth-order valence-electron chi connectivity index (χ4n) is 2.43. The van der Waals surface area contributed by atoms with Gasteiger partial charge in [0.1, 0.15) is 0 Å². The lowest BCUT2D eigenvalue weighted by atomic mass is 10.1. The van der Waals surface area contributed by atoms with Crippen molar-refractivity contribution in [2.75, 3.05) is 31.6 Å². The van der Waals surface area contributed by atoms with Crippen molar-refractivity contribution in [1.82, 2.24) is 9.80 Å². The van der Waals surface area contributed by atoms with Gasteiger partial charge in [-0.15, -0.1) is 0 Å². The number of amides is 1. The summed E-state index contributed by atoms with van der Waals surface area (Å²) in [6.07, 6.45) is 0. The van der Waals surface area contributed by atoms with Crippen molar-refractivity contribution in [2.24, 2.45) is 5.84 Å². The molecule has 0 unspecified atom stereocenters. The Bertz CT molecular complexity index is 541. The normalized spacial score (nSPS) is 15.8. The van der Waals surface area contributed by atoms with Crippen LogP contribution in [0.4, 0.5) is 11.4 Å². The van der Waals surface area contributed by atoms with Crippen molar-refractivity contribution in [3.05, 3.63) is 33.9 Å². The van der Waals surface area contributed by atoms with Crippen LogP contribution in [0.25, 0.3) is 0 Å². The van der Waals surface area contributed by atoms with Gasteiger partial charge in [0.15, 0.2) is 0 Å². The molecule has 8 nitrogen and oxygen atoms in total. The van der Waals surface area contributed by atoms with E-state index in [-0.39, 0.29) is 11.6 Å². The fourth-order valence-corrected chi connectivity index (χ4v) is 2.43. The molecule has 1 amide bonds. The second-order valence-electron chi connectivity index (χ2n) is 5.03. The molecule has 1 aliphatic rings. The zero-order valence-electron chi connectivity index (χ0n) is 11.9. The van der Waals surface area contributed by atoms with Gasteiger partial charge < -0.3 is 10.3 Å². The molecule has 21 heavy (non-hydrogen) atoms. The standard InChI is InChI=1S/C13H19N5O3/c1-10(19)17-6-4-16(5-7-17)9-11-8-12(18(20)21)2-3-13(11)15-14/h2-3,8,15H,4-7,9,14H2,1H3. The van der Waals surface area contributed by atoms with Gasteiger partial charge in [0.25, 0.3) is 5.69 Å². The monoisotopic (exact) mass is 293 g/mol. The van der Waals surface area contributed by atoms with E-state index >= 15 is 0 Å². The third-order valence-electron chi connectivity index (χ3n) is 3.67. The second kappa shape index (κ2) is 6.51. The molecule has 1 aromatic rings. The van der Waals surface area contributed by atoms with E-state index < -0.39 is 4.92 Å². The molecule has 0 spiro atoms. The molecular formula is C13H19N5O3. The highest BCUT2D eigenvalue weighted by Gasteiger charge is 2.20. The van der Waals surface area contributed by atoms with Crippen LogP contribution in [0, 0.1) is 10.1 Å². The molecule has 0 radical (unpaired) electrons. The molecule has 0 aliphatic carbocycles. The average Bonchev–Trinajstić information content (AvgIpc) is 2.47. The molecule has 1 heterocycles. The Morgan fingerprint density at radius 1 is 1.38 bits per heavy atom. The van der Waals surface area contributed by atoms with Crippen molar-refractivity contribution in [2.45, 2.75) is 13.5 Å². The van der Waals surface area contributed by atoms with Gasteiger partial charge in [-0.3, -0.25) is 25.7 Å². The van der Waals surface area contributed by atoms with Crippen LogP contribution in [0.2, 0.25) is 0 Å². The number of nitrogens with zero attached hydrogens (tertiary/aromatic N) is 3. The van der Waals surface area contributed by atoms with Crippen molar-refractivity contribution < 1.29 is 9.72 Å². The summed E-state index contributed by atoms with van der Waals surface area (Å²) < 4.78 is 0. The summed E-state index contributed by atoms with van der Waals surface area (Å²) in [5.41, 5.74) is 4.07. The first-order valence-electron chi connectivity index (χ1n) is 6.73. The molecule has 1 fully saturated rings. The summed E-state index contributed by atoms with van der Waals surface area (Å²) in [6.45, 7) is 4.96. The highest BCUT2D eigenvalue weighted by molar-refractivity contribution is 5.73. The number of nitrogen functional groups attached to an aromatic ring is 1. The Kier molecular flexibility index (Phi) is 4.71. The SMILES string of the molecule is CC(=O)N1CCN(Cc2cc([N+](=O)[O-])ccc2NN)CC1. The van der Waals surface area contributed by atoms with Crippen molar-refractivity contribution >= 4 is 17.3 Å². The molecule has 2 rings (SSSR count). The Labute approximate surface area is 122 Å². The van der Waals surface area contributed by atoms with Crippen LogP contribution in [0.5, 0.6) is 0 Å². The number of benzene rings is 1. The number of hydrogen-bond donors (Lipinski definition) is 2. The summed E-state index contributed by atoms with van der Waals surface area (Å²) in [6, 6.07) is 4.57. The number of hydrogen-bond acceptors (Lipinski definition) is 6. The van der Waals surface area contributed by atoms with Gasteiger partial charge in [0.05, 0.1) is 10.6 Å². The molecule has 1 aliphatic heterocycles. The number of piperazine rings is 1. The average molecular weight is 293 g/mol. The van der Waals surface area contributed by atoms with Gasteiger partial charge in [0, 0.05) is 51.8 Å². The van der Waals surface area contributed by atoms with E-state index in [1.807, 2.05) is 0 Å². The predicted molar refractivity (Wildman–Crippen MR) is 78.4 cm³/mol. The number of hydrazine groups is 1. The summed E-state index contributed by atoms with van der Waals surface area (Å²) in [4.78, 5) is 25.7. The third-order valence-corrected chi connectivity index (χ3v) is 3.67. The quantitative estimate of drug-likeness (QED) is 0.477. The van der Waals surface area contributed by atoms with Crippen molar-refractivity contribution in [3.63, 3.8) is 0 Å². The lowest BCUT2D eigenvalue weighted by Crippen LogP contribution is -2.47. The first-order valence-corrected chi connectivity index (χ1v) is 6.73. The highest BCUT2D eigenvalue weighted by Crippen LogP contribution is 2.23. The zero-order chi connectivity index (χ0) is 15.4. The number of nitro groups is 1. The minimum atomic E-state index is -0.419. The molecule has 0 aromatic heterocycles. The first-order chi connectivity index (χ1) is 10.0. The molecule has 0 bridgehead atoms. The highest BCUT2D eigenvalue weighted by atomic mass is 16.6. The molecule has 1 saturated heterocycles. The Morgan fingerprint density at radius 2 is 2.05 bits per heavy atom. The van der Waals surface area contributed by atoms with Crippen LogP contribution < -0.4 is 11.3 Å². The maximum Gasteiger partial charge on any atom is 0.269 e. The Balaban J connectivity index is 2.07. The van der Waals surface area contributed by atoms with Crippen LogP contribution in [0.3, 0.4) is 0 Å². The van der Waals surface area contributed by atoms with Gasteiger partial charge in [-0.25, -0.2) is 0 Å². The summed E-state index contributed by atoms with van der Waals surface area (Å²) in [5.74, 6) is 5.53. The summed E-state index contributed by atoms with van der Waals surface area (Å²) in [7, 11) is 0. The molecule has 0 atom stereocenters. The number of carbonyl (C=O) groups excluding carboxylic acids is 1. The molecule has 3 N–H and O–H groups in total. The van der Waals surface area contributed by atoms with Crippen LogP contribution in [-0.2, 0) is 11.3 Å². The van der Waals surface area contributed by atoms with Gasteiger partial charge in [-0.2, -0.15) is 0 Å². The molecule has 0 saturated carbocycles. The third kappa shape index (κ3) is 3.67. The van der Waals surface area contributed by atoms with E-state index in [1.165, 1.54) is 12.1 Å². The topological polar surface area (TPSA) is 105 Å². The number of nitro benzene ring substituents is 1. The molecular weight excluding hydrogens is 274 g/mol. The Hall–Kier alpha value is -2.19. The number of rotatable bonds is 4. The minimum Gasteiger partial charge on any atom is -0.340 e. The van der Waals surface area contributed by atoms with Gasteiger partial charge in [0.2, 0.25) is 5.91 Å². The maximum absolute atomic E-state index is 11.3. The largest absolute Gasteiger partial charge is 0.340 e. The van der Waals surface area contributed by atoms with Gasteiger partial charge >= 0.3 is 0 Å². The van der Waals surface area contributed by atoms with E-state index in [9.17, 15) is 14.9 Å². The Morgan fingerprint density at radius 3 is 2.57 bits per heavy atom. The van der Waals surface area contributed by atoms with E-state index in [0.717, 1.165) is 18.7 Å². The van der Waals surface area contributed by atoms with Gasteiger partial charge in [-0.1, -0.05) is 0 Å². The van der Waals surface area contributed by atoms with Crippen molar-refractivity contribution in [1.29, 1.82) is 0 Å². The van der Waals surface area contributed by atoms with Crippen LogP contribution in [-0.4, -0.2) is 46.8 Å². The first kappa shape index (κ1) is 15.2. The van der Waals surface area contributed by atoms with Crippen LogP contribution in [0.15, 0.2) is 18.2 Å². The molecule has 8 heteroatoms. The predicted octanol–water partition coefficient (Wildman–Crippen LogP) is 0.544. The van der Waals surface area contributed by atoms with Crippen LogP contribution in [0.1, 0.15) is 12.5 Å². The van der Waals surface area contributed by atoms with Crippen molar-refractivity contribution in [3.8, 4) is 0 Å². The minimum absolute atomic E-state index is 0.0476. The van der Waals surface area contributed by atoms with E-state index in [0.29, 0.717) is 25.3 Å². The van der Waals surface area contributed by atoms with Gasteiger partial charge in [-0.05, 0) is 11.6 Å². The smallest absolute Gasteiger partial charge is 0.269 e. The number of anilines is 1. The lowest BCUT2D eigenvalue weighted by Gasteiger charge is -2.34. The van der Waals surface area contributed by atoms with E-state index in [4.69, 9.17) is 5.84 Å². The molecule has 114 valence electrons. The van der Waals surface area contributed by atoms with E-state index in [1.54, 1.807) is 17.9 Å². The molecule has 1 aromatic carbocycles. The summed E-state index contributed by atoms with van der Waals surface area (Å²) in [5, 5.41) is 10.9. The number of carbonyl (C=O) groups is 1. The number of nitrogens with one attached hydrogen (secondary N) is 1. The summed E-state index contributed by atoms with van der Waals surface area (Å²) >= 11 is 0.